The van der Waals surface area contributed by atoms with Crippen molar-refractivity contribution in [1.29, 1.82) is 0 Å². The first kappa shape index (κ1) is 45.6. The SMILES string of the molecule is CCCCCCCCCCCCCC/C=C/CC/C=C/CC/C=C/C(O)C(CO)NC(=O)CC(O)CCCCCCCCCCCC. The summed E-state index contributed by atoms with van der Waals surface area (Å²) < 4.78 is 0. The molecule has 3 unspecified atom stereocenters. The molecule has 0 aliphatic rings. The molecule has 4 N–H and O–H groups in total. The molecule has 0 fully saturated rings. The molecule has 0 aromatic carbocycles. The van der Waals surface area contributed by atoms with Gasteiger partial charge in [-0.3, -0.25) is 4.79 Å². The van der Waals surface area contributed by atoms with Gasteiger partial charge >= 0.3 is 0 Å². The fourth-order valence-electron chi connectivity index (χ4n) is 6.02. The summed E-state index contributed by atoms with van der Waals surface area (Å²) in [6.07, 6.45) is 45.7. The van der Waals surface area contributed by atoms with Crippen LogP contribution in [-0.4, -0.2) is 46.1 Å². The number of nitrogens with one attached hydrogen (secondary N) is 1. The molecule has 5 nitrogen and oxygen atoms in total. The molecule has 0 aromatic heterocycles. The van der Waals surface area contributed by atoms with Gasteiger partial charge in [0.05, 0.1) is 31.3 Å². The fraction of sp³-hybridized carbons (Fsp3) is 0.833. The molecule has 0 bridgehead atoms. The molecule has 1 amide bonds. The molecule has 0 aromatic rings. The summed E-state index contributed by atoms with van der Waals surface area (Å²) in [5, 5.41) is 33.0. The average molecular weight is 662 g/mol. The predicted molar refractivity (Wildman–Crippen MR) is 204 cm³/mol. The average Bonchev–Trinajstić information content (AvgIpc) is 3.06. The van der Waals surface area contributed by atoms with Gasteiger partial charge in [-0.15, -0.1) is 0 Å². The second-order valence-corrected chi connectivity index (χ2v) is 13.9. The van der Waals surface area contributed by atoms with Crippen LogP contribution in [0.25, 0.3) is 0 Å². The first-order valence-electron chi connectivity index (χ1n) is 20.3. The highest BCUT2D eigenvalue weighted by atomic mass is 16.3. The normalized spacial score (nSPS) is 14.1. The number of carbonyl (C=O) groups excluding carboxylic acids is 1. The molecule has 5 heteroatoms. The van der Waals surface area contributed by atoms with E-state index in [1.54, 1.807) is 6.08 Å². The van der Waals surface area contributed by atoms with E-state index in [2.05, 4.69) is 43.5 Å². The minimum atomic E-state index is -0.956. The maximum absolute atomic E-state index is 12.3. The molecule has 3 atom stereocenters. The number of aliphatic hydroxyl groups is 3. The van der Waals surface area contributed by atoms with E-state index in [1.807, 2.05) is 6.08 Å². The van der Waals surface area contributed by atoms with Crippen molar-refractivity contribution < 1.29 is 20.1 Å². The molecule has 0 rings (SSSR count). The van der Waals surface area contributed by atoms with Crippen LogP contribution in [0.3, 0.4) is 0 Å². The van der Waals surface area contributed by atoms with Crippen LogP contribution >= 0.6 is 0 Å². The van der Waals surface area contributed by atoms with Gasteiger partial charge in [-0.25, -0.2) is 0 Å². The van der Waals surface area contributed by atoms with Gasteiger partial charge in [-0.2, -0.15) is 0 Å². The Kier molecular flexibility index (Phi) is 36.3. The van der Waals surface area contributed by atoms with Crippen LogP contribution in [0, 0.1) is 0 Å². The van der Waals surface area contributed by atoms with Crippen molar-refractivity contribution in [2.24, 2.45) is 0 Å². The zero-order chi connectivity index (χ0) is 34.5. The third-order valence-electron chi connectivity index (χ3n) is 9.16. The summed E-state index contributed by atoms with van der Waals surface area (Å²) in [5.74, 6) is -0.331. The lowest BCUT2D eigenvalue weighted by Gasteiger charge is -2.21. The summed E-state index contributed by atoms with van der Waals surface area (Å²) in [6, 6.07) is -0.763. The standard InChI is InChI=1S/C42H79NO4/c1-3-5-7-9-11-13-15-16-17-18-19-20-21-22-23-24-25-26-28-30-32-34-36-41(46)40(38-44)43-42(47)37-39(45)35-33-31-29-27-14-12-10-8-6-4-2/h22-23,26,28,34,36,39-41,44-46H,3-21,24-25,27,29-33,35,37-38H2,1-2H3,(H,43,47)/b23-22+,28-26+,36-34+. The van der Waals surface area contributed by atoms with E-state index >= 15 is 0 Å². The van der Waals surface area contributed by atoms with Crippen LogP contribution in [0.1, 0.15) is 200 Å². The molecule has 0 spiro atoms. The van der Waals surface area contributed by atoms with Gasteiger partial charge in [0.1, 0.15) is 0 Å². The number of carbonyl (C=O) groups is 1. The molecule has 0 saturated carbocycles. The van der Waals surface area contributed by atoms with E-state index in [-0.39, 0.29) is 18.9 Å². The zero-order valence-corrected chi connectivity index (χ0v) is 31.2. The third-order valence-corrected chi connectivity index (χ3v) is 9.16. The van der Waals surface area contributed by atoms with Gasteiger partial charge in [0.25, 0.3) is 0 Å². The number of amides is 1. The number of aliphatic hydroxyl groups excluding tert-OH is 3. The van der Waals surface area contributed by atoms with Crippen molar-refractivity contribution in [3.63, 3.8) is 0 Å². The van der Waals surface area contributed by atoms with Gasteiger partial charge in [-0.05, 0) is 44.9 Å². The zero-order valence-electron chi connectivity index (χ0n) is 31.2. The van der Waals surface area contributed by atoms with Crippen molar-refractivity contribution in [2.45, 2.75) is 218 Å². The van der Waals surface area contributed by atoms with Crippen molar-refractivity contribution >= 4 is 5.91 Å². The quantitative estimate of drug-likeness (QED) is 0.0397. The monoisotopic (exact) mass is 662 g/mol. The largest absolute Gasteiger partial charge is 0.394 e. The molecule has 0 heterocycles. The van der Waals surface area contributed by atoms with Crippen molar-refractivity contribution in [2.75, 3.05) is 6.61 Å². The van der Waals surface area contributed by atoms with E-state index in [9.17, 15) is 20.1 Å². The Morgan fingerprint density at radius 3 is 1.36 bits per heavy atom. The van der Waals surface area contributed by atoms with Crippen LogP contribution in [0.5, 0.6) is 0 Å². The Balaban J connectivity index is 3.75. The number of hydrogen-bond donors (Lipinski definition) is 4. The summed E-state index contributed by atoms with van der Waals surface area (Å²) in [4.78, 5) is 12.3. The molecular formula is C42H79NO4. The molecule has 276 valence electrons. The van der Waals surface area contributed by atoms with Gasteiger partial charge in [0.15, 0.2) is 0 Å². The first-order chi connectivity index (χ1) is 23.0. The lowest BCUT2D eigenvalue weighted by Crippen LogP contribution is -2.45. The maximum atomic E-state index is 12.3. The van der Waals surface area contributed by atoms with E-state index in [4.69, 9.17) is 0 Å². The van der Waals surface area contributed by atoms with Crippen molar-refractivity contribution in [1.82, 2.24) is 5.32 Å². The van der Waals surface area contributed by atoms with E-state index in [1.165, 1.54) is 135 Å². The Labute approximate surface area is 292 Å². The van der Waals surface area contributed by atoms with E-state index in [0.717, 1.165) is 38.5 Å². The lowest BCUT2D eigenvalue weighted by molar-refractivity contribution is -0.124. The Hall–Kier alpha value is -1.43. The molecule has 0 radical (unpaired) electrons. The summed E-state index contributed by atoms with van der Waals surface area (Å²) in [6.45, 7) is 4.17. The summed E-state index contributed by atoms with van der Waals surface area (Å²) in [5.41, 5.74) is 0. The van der Waals surface area contributed by atoms with Crippen LogP contribution in [0.4, 0.5) is 0 Å². The van der Waals surface area contributed by atoms with Crippen LogP contribution < -0.4 is 5.32 Å². The smallest absolute Gasteiger partial charge is 0.222 e. The highest BCUT2D eigenvalue weighted by Gasteiger charge is 2.20. The third kappa shape index (κ3) is 34.2. The Bertz CT molecular complexity index is 734. The van der Waals surface area contributed by atoms with Gasteiger partial charge in [0, 0.05) is 0 Å². The lowest BCUT2D eigenvalue weighted by atomic mass is 10.0. The first-order valence-corrected chi connectivity index (χ1v) is 20.3. The Morgan fingerprint density at radius 1 is 0.532 bits per heavy atom. The number of hydrogen-bond acceptors (Lipinski definition) is 4. The molecule has 0 saturated heterocycles. The van der Waals surface area contributed by atoms with Crippen molar-refractivity contribution in [3.05, 3.63) is 36.5 Å². The predicted octanol–water partition coefficient (Wildman–Crippen LogP) is 11.2. The highest BCUT2D eigenvalue weighted by Crippen LogP contribution is 2.14. The van der Waals surface area contributed by atoms with Crippen LogP contribution in [0.2, 0.25) is 0 Å². The van der Waals surface area contributed by atoms with Crippen molar-refractivity contribution in [3.8, 4) is 0 Å². The topological polar surface area (TPSA) is 89.8 Å². The molecule has 0 aliphatic heterocycles. The van der Waals surface area contributed by atoms with E-state index in [0.29, 0.717) is 6.42 Å². The fourth-order valence-corrected chi connectivity index (χ4v) is 6.02. The highest BCUT2D eigenvalue weighted by molar-refractivity contribution is 5.76. The number of rotatable bonds is 36. The Morgan fingerprint density at radius 2 is 0.915 bits per heavy atom. The number of unbranched alkanes of at least 4 members (excludes halogenated alkanes) is 23. The van der Waals surface area contributed by atoms with Crippen LogP contribution in [0.15, 0.2) is 36.5 Å². The number of allylic oxidation sites excluding steroid dienone is 5. The van der Waals surface area contributed by atoms with E-state index < -0.39 is 18.2 Å². The molecule has 0 aliphatic carbocycles. The summed E-state index contributed by atoms with van der Waals surface area (Å²) >= 11 is 0. The van der Waals surface area contributed by atoms with Gasteiger partial charge in [-0.1, -0.05) is 185 Å². The molecular weight excluding hydrogens is 582 g/mol. The van der Waals surface area contributed by atoms with Gasteiger partial charge < -0.3 is 20.6 Å². The second kappa shape index (κ2) is 37.4. The second-order valence-electron chi connectivity index (χ2n) is 13.9. The minimum absolute atomic E-state index is 0.00372. The summed E-state index contributed by atoms with van der Waals surface area (Å²) in [7, 11) is 0. The maximum Gasteiger partial charge on any atom is 0.222 e. The minimum Gasteiger partial charge on any atom is -0.394 e. The van der Waals surface area contributed by atoms with Gasteiger partial charge in [0.2, 0.25) is 5.91 Å². The van der Waals surface area contributed by atoms with Crippen LogP contribution in [-0.2, 0) is 4.79 Å². The molecule has 47 heavy (non-hydrogen) atoms.